The summed E-state index contributed by atoms with van der Waals surface area (Å²) in [4.78, 5) is 35.4. The summed E-state index contributed by atoms with van der Waals surface area (Å²) < 4.78 is 22.2. The molecule has 3 aromatic rings. The zero-order valence-electron chi connectivity index (χ0n) is 19.3. The number of carbonyl (C=O) groups excluding carboxylic acids is 2. The molecule has 0 spiro atoms. The van der Waals surface area contributed by atoms with Crippen molar-refractivity contribution in [2.75, 3.05) is 6.61 Å². The van der Waals surface area contributed by atoms with E-state index >= 15 is 0 Å². The van der Waals surface area contributed by atoms with Crippen molar-refractivity contribution in [1.82, 2.24) is 0 Å². The number of carbonyl (C=O) groups is 2. The number of aliphatic hydroxyl groups is 2. The van der Waals surface area contributed by atoms with Crippen LogP contribution in [0.4, 0.5) is 5.69 Å². The summed E-state index contributed by atoms with van der Waals surface area (Å²) in [6, 6.07) is 21.1. The molecule has 192 valence electrons. The first-order chi connectivity index (χ1) is 17.8. The summed E-state index contributed by atoms with van der Waals surface area (Å²) in [5, 5.41) is 32.4. The Balaban J connectivity index is 1.52. The summed E-state index contributed by atoms with van der Waals surface area (Å²) in [5.74, 6) is -1.36. The molecular weight excluding hydrogens is 486 g/mol. The zero-order chi connectivity index (χ0) is 26.4. The van der Waals surface area contributed by atoms with E-state index in [0.717, 1.165) is 0 Å². The first-order valence-electron chi connectivity index (χ1n) is 11.2. The van der Waals surface area contributed by atoms with Crippen molar-refractivity contribution in [2.45, 2.75) is 30.7 Å². The van der Waals surface area contributed by atoms with Crippen molar-refractivity contribution < 1.29 is 43.7 Å². The van der Waals surface area contributed by atoms with Gasteiger partial charge in [0.05, 0.1) is 16.1 Å². The van der Waals surface area contributed by atoms with E-state index < -0.39 is 54.2 Å². The fourth-order valence-electron chi connectivity index (χ4n) is 3.63. The molecule has 11 nitrogen and oxygen atoms in total. The minimum absolute atomic E-state index is 0.111. The monoisotopic (exact) mass is 509 g/mol. The molecule has 1 saturated heterocycles. The van der Waals surface area contributed by atoms with Crippen molar-refractivity contribution >= 4 is 17.6 Å². The second kappa shape index (κ2) is 11.6. The molecule has 0 saturated carbocycles. The Morgan fingerprint density at radius 1 is 0.838 bits per heavy atom. The van der Waals surface area contributed by atoms with Gasteiger partial charge in [0.1, 0.15) is 30.7 Å². The summed E-state index contributed by atoms with van der Waals surface area (Å²) in [6.45, 7) is -0.439. The molecule has 1 aliphatic rings. The van der Waals surface area contributed by atoms with Crippen LogP contribution in [0.1, 0.15) is 20.7 Å². The highest BCUT2D eigenvalue weighted by Crippen LogP contribution is 2.28. The summed E-state index contributed by atoms with van der Waals surface area (Å²) >= 11 is 0. The highest BCUT2D eigenvalue weighted by molar-refractivity contribution is 5.89. The van der Waals surface area contributed by atoms with E-state index in [0.29, 0.717) is 0 Å². The van der Waals surface area contributed by atoms with Crippen LogP contribution in [0.25, 0.3) is 0 Å². The standard InChI is InChI=1S/C26H23NO10/c28-21-20(15-34-24(30)16-7-3-1-4-8-16)36-26(35-19-13-11-18(12-14-19)27(32)33)23(22(21)29)37-25(31)17-9-5-2-6-10-17/h1-14,20-23,26,28-29H,15H2. The van der Waals surface area contributed by atoms with Gasteiger partial charge in [0.25, 0.3) is 5.69 Å². The van der Waals surface area contributed by atoms with Crippen molar-refractivity contribution in [3.05, 3.63) is 106 Å². The molecule has 0 radical (unpaired) electrons. The van der Waals surface area contributed by atoms with E-state index in [-0.39, 0.29) is 22.6 Å². The topological polar surface area (TPSA) is 155 Å². The van der Waals surface area contributed by atoms with E-state index in [2.05, 4.69) is 0 Å². The van der Waals surface area contributed by atoms with Crippen LogP contribution in [-0.4, -0.2) is 64.4 Å². The Morgan fingerprint density at radius 3 is 1.97 bits per heavy atom. The Bertz CT molecular complexity index is 1220. The molecule has 1 aliphatic heterocycles. The average molecular weight is 509 g/mol. The van der Waals surface area contributed by atoms with Gasteiger partial charge in [-0.3, -0.25) is 10.1 Å². The van der Waals surface area contributed by atoms with Crippen molar-refractivity contribution in [3.63, 3.8) is 0 Å². The van der Waals surface area contributed by atoms with Gasteiger partial charge in [0, 0.05) is 12.1 Å². The molecular formula is C26H23NO10. The molecule has 4 rings (SSSR count). The van der Waals surface area contributed by atoms with Crippen LogP contribution in [0.3, 0.4) is 0 Å². The predicted octanol–water partition coefficient (Wildman–Crippen LogP) is 2.50. The van der Waals surface area contributed by atoms with Crippen LogP contribution in [-0.2, 0) is 14.2 Å². The molecule has 1 fully saturated rings. The highest BCUT2D eigenvalue weighted by atomic mass is 16.7. The lowest BCUT2D eigenvalue weighted by Gasteiger charge is -2.41. The van der Waals surface area contributed by atoms with Gasteiger partial charge in [-0.15, -0.1) is 0 Å². The summed E-state index contributed by atoms with van der Waals surface area (Å²) in [7, 11) is 0. The molecule has 5 unspecified atom stereocenters. The predicted molar refractivity (Wildman–Crippen MR) is 127 cm³/mol. The van der Waals surface area contributed by atoms with Gasteiger partial charge < -0.3 is 29.2 Å². The number of hydrogen-bond donors (Lipinski definition) is 2. The minimum atomic E-state index is -1.68. The Morgan fingerprint density at radius 2 is 1.41 bits per heavy atom. The maximum absolute atomic E-state index is 12.7. The molecule has 0 aliphatic carbocycles. The van der Waals surface area contributed by atoms with Crippen molar-refractivity contribution in [3.8, 4) is 5.75 Å². The maximum atomic E-state index is 12.7. The number of nitrogens with zero attached hydrogens (tertiary/aromatic N) is 1. The van der Waals surface area contributed by atoms with Gasteiger partial charge in [0.15, 0.2) is 6.10 Å². The second-order valence-corrected chi connectivity index (χ2v) is 8.09. The molecule has 37 heavy (non-hydrogen) atoms. The van der Waals surface area contributed by atoms with Crippen LogP contribution >= 0.6 is 0 Å². The van der Waals surface area contributed by atoms with Crippen LogP contribution < -0.4 is 4.74 Å². The number of nitro benzene ring substituents is 1. The average Bonchev–Trinajstić information content (AvgIpc) is 2.93. The van der Waals surface area contributed by atoms with Gasteiger partial charge in [0.2, 0.25) is 6.29 Å². The van der Waals surface area contributed by atoms with E-state index in [9.17, 15) is 29.9 Å². The molecule has 3 aromatic carbocycles. The zero-order valence-corrected chi connectivity index (χ0v) is 19.3. The minimum Gasteiger partial charge on any atom is -0.461 e. The summed E-state index contributed by atoms with van der Waals surface area (Å²) in [5.41, 5.74) is 0.295. The Hall–Kier alpha value is -4.32. The molecule has 0 bridgehead atoms. The number of benzene rings is 3. The largest absolute Gasteiger partial charge is 0.461 e. The lowest BCUT2D eigenvalue weighted by atomic mass is 9.99. The number of nitro groups is 1. The summed E-state index contributed by atoms with van der Waals surface area (Å²) in [6.07, 6.45) is -7.46. The van der Waals surface area contributed by atoms with E-state index in [1.54, 1.807) is 48.5 Å². The third-order valence-corrected chi connectivity index (χ3v) is 5.59. The SMILES string of the molecule is O=C(OCC1OC(Oc2ccc([N+](=O)[O-])cc2)C(OC(=O)c2ccccc2)C(O)C1O)c1ccccc1. The third kappa shape index (κ3) is 6.28. The Kier molecular flexibility index (Phi) is 8.08. The number of ether oxygens (including phenoxy) is 4. The highest BCUT2D eigenvalue weighted by Gasteiger charge is 2.48. The smallest absolute Gasteiger partial charge is 0.338 e. The van der Waals surface area contributed by atoms with Gasteiger partial charge in [-0.05, 0) is 36.4 Å². The fraction of sp³-hybridized carbons (Fsp3) is 0.231. The van der Waals surface area contributed by atoms with Gasteiger partial charge in [-0.2, -0.15) is 0 Å². The van der Waals surface area contributed by atoms with Crippen LogP contribution in [0.15, 0.2) is 84.9 Å². The third-order valence-electron chi connectivity index (χ3n) is 5.59. The molecule has 11 heteroatoms. The quantitative estimate of drug-likeness (QED) is 0.263. The van der Waals surface area contributed by atoms with E-state index in [1.165, 1.54) is 36.4 Å². The van der Waals surface area contributed by atoms with Gasteiger partial charge >= 0.3 is 11.9 Å². The van der Waals surface area contributed by atoms with Crippen molar-refractivity contribution in [1.29, 1.82) is 0 Å². The number of non-ortho nitro benzene ring substituents is 1. The molecule has 5 atom stereocenters. The number of esters is 2. The lowest BCUT2D eigenvalue weighted by Crippen LogP contribution is -2.61. The van der Waals surface area contributed by atoms with Gasteiger partial charge in [-0.25, -0.2) is 9.59 Å². The fourth-order valence-corrected chi connectivity index (χ4v) is 3.63. The first kappa shape index (κ1) is 25.8. The normalized spacial score (nSPS) is 23.0. The molecule has 0 amide bonds. The van der Waals surface area contributed by atoms with E-state index in [4.69, 9.17) is 18.9 Å². The first-order valence-corrected chi connectivity index (χ1v) is 11.2. The number of rotatable bonds is 8. The van der Waals surface area contributed by atoms with Crippen LogP contribution in [0.2, 0.25) is 0 Å². The van der Waals surface area contributed by atoms with Crippen molar-refractivity contribution in [2.24, 2.45) is 0 Å². The molecule has 2 N–H and O–H groups in total. The molecule has 0 aromatic heterocycles. The van der Waals surface area contributed by atoms with Crippen LogP contribution in [0, 0.1) is 10.1 Å². The maximum Gasteiger partial charge on any atom is 0.338 e. The van der Waals surface area contributed by atoms with Crippen LogP contribution in [0.5, 0.6) is 5.75 Å². The second-order valence-electron chi connectivity index (χ2n) is 8.09. The lowest BCUT2D eigenvalue weighted by molar-refractivity contribution is -0.384. The van der Waals surface area contributed by atoms with Gasteiger partial charge in [-0.1, -0.05) is 36.4 Å². The number of hydrogen-bond acceptors (Lipinski definition) is 10. The number of aliphatic hydroxyl groups excluding tert-OH is 2. The Labute approximate surface area is 210 Å². The van der Waals surface area contributed by atoms with E-state index in [1.807, 2.05) is 0 Å². The molecule has 1 heterocycles.